The third kappa shape index (κ3) is 4.64. The Morgan fingerprint density at radius 2 is 1.39 bits per heavy atom. The van der Waals surface area contributed by atoms with Crippen LogP contribution in [0.1, 0.15) is 17.2 Å². The van der Waals surface area contributed by atoms with E-state index in [4.69, 9.17) is 23.2 Å². The lowest BCUT2D eigenvalue weighted by Crippen LogP contribution is -2.49. The lowest BCUT2D eigenvalue weighted by molar-refractivity contribution is 0.155. The van der Waals surface area contributed by atoms with Gasteiger partial charge in [0, 0.05) is 31.2 Å². The Balaban J connectivity index is 1.58. The van der Waals surface area contributed by atoms with Crippen molar-refractivity contribution in [3.63, 3.8) is 0 Å². The zero-order valence-corrected chi connectivity index (χ0v) is 18.9. The molecule has 0 radical (unpaired) electrons. The van der Waals surface area contributed by atoms with E-state index in [1.54, 1.807) is 0 Å². The molecule has 1 atom stereocenters. The normalized spacial score (nSPS) is 16.9. The lowest BCUT2D eigenvalue weighted by atomic mass is 9.96. The number of hydrogen-bond donors (Lipinski definition) is 0. The van der Waals surface area contributed by atoms with Crippen molar-refractivity contribution < 1.29 is 12.8 Å². The second kappa shape index (κ2) is 9.27. The van der Waals surface area contributed by atoms with Crippen molar-refractivity contribution in [2.24, 2.45) is 0 Å². The topological polar surface area (TPSA) is 40.6 Å². The molecular weight excluding hydrogens is 458 g/mol. The lowest BCUT2D eigenvalue weighted by Gasteiger charge is -2.39. The standard InChI is InChI=1S/C23H21Cl2FN2O2S/c24-19-11-9-18(10-12-19)23(17-5-2-1-3-6-17)27-13-15-28(16-14-27)31(29,30)21-8-4-7-20(25)22(21)26/h1-12,23H,13-16H2. The van der Waals surface area contributed by atoms with Crippen LogP contribution >= 0.6 is 23.2 Å². The fourth-order valence-corrected chi connectivity index (χ4v) is 5.78. The third-order valence-corrected chi connectivity index (χ3v) is 7.93. The summed E-state index contributed by atoms with van der Waals surface area (Å²) < 4.78 is 41.7. The zero-order chi connectivity index (χ0) is 22.0. The molecule has 0 aliphatic carbocycles. The molecule has 162 valence electrons. The number of halogens is 3. The van der Waals surface area contributed by atoms with E-state index in [1.807, 2.05) is 42.5 Å². The van der Waals surface area contributed by atoms with E-state index >= 15 is 0 Å². The highest BCUT2D eigenvalue weighted by molar-refractivity contribution is 7.89. The summed E-state index contributed by atoms with van der Waals surface area (Å²) in [4.78, 5) is 1.85. The van der Waals surface area contributed by atoms with Crippen LogP contribution in [0.15, 0.2) is 77.7 Å². The molecule has 1 unspecified atom stereocenters. The van der Waals surface area contributed by atoms with Crippen molar-refractivity contribution in [2.45, 2.75) is 10.9 Å². The molecule has 3 aromatic rings. The molecule has 1 heterocycles. The Kier molecular flexibility index (Phi) is 6.65. The average Bonchev–Trinajstić information content (AvgIpc) is 2.78. The first-order chi connectivity index (χ1) is 14.9. The summed E-state index contributed by atoms with van der Waals surface area (Å²) in [5.74, 6) is -0.907. The van der Waals surface area contributed by atoms with E-state index in [9.17, 15) is 12.8 Å². The van der Waals surface area contributed by atoms with E-state index in [2.05, 4.69) is 17.0 Å². The molecular formula is C23H21Cl2FN2O2S. The molecule has 0 N–H and O–H groups in total. The van der Waals surface area contributed by atoms with Crippen LogP contribution in [0.4, 0.5) is 4.39 Å². The highest BCUT2D eigenvalue weighted by Gasteiger charge is 2.34. The third-order valence-electron chi connectivity index (χ3n) is 5.47. The molecule has 1 fully saturated rings. The maximum Gasteiger partial charge on any atom is 0.246 e. The minimum Gasteiger partial charge on any atom is -0.290 e. The van der Waals surface area contributed by atoms with Crippen molar-refractivity contribution in [1.82, 2.24) is 9.21 Å². The van der Waals surface area contributed by atoms with Crippen molar-refractivity contribution in [2.75, 3.05) is 26.2 Å². The van der Waals surface area contributed by atoms with Gasteiger partial charge in [-0.2, -0.15) is 4.31 Å². The summed E-state index contributed by atoms with van der Waals surface area (Å²) in [5, 5.41) is 0.460. The summed E-state index contributed by atoms with van der Waals surface area (Å²) in [7, 11) is -3.97. The minimum absolute atomic E-state index is 0.0359. The second-order valence-corrected chi connectivity index (χ2v) is 10.1. The van der Waals surface area contributed by atoms with Gasteiger partial charge >= 0.3 is 0 Å². The molecule has 1 aliphatic rings. The van der Waals surface area contributed by atoms with E-state index in [0.717, 1.165) is 11.1 Å². The van der Waals surface area contributed by atoms with E-state index in [-0.39, 0.29) is 29.0 Å². The molecule has 1 saturated heterocycles. The zero-order valence-electron chi connectivity index (χ0n) is 16.6. The maximum absolute atomic E-state index is 14.4. The molecule has 31 heavy (non-hydrogen) atoms. The molecule has 4 rings (SSSR count). The SMILES string of the molecule is O=S(=O)(c1cccc(Cl)c1F)N1CCN(C(c2ccccc2)c2ccc(Cl)cc2)CC1. The monoisotopic (exact) mass is 478 g/mol. The molecule has 1 aliphatic heterocycles. The van der Waals surface area contributed by atoms with Gasteiger partial charge in [-0.05, 0) is 35.4 Å². The number of sulfonamides is 1. The molecule has 0 aromatic heterocycles. The first-order valence-corrected chi connectivity index (χ1v) is 12.1. The van der Waals surface area contributed by atoms with Gasteiger partial charge < -0.3 is 0 Å². The summed E-state index contributed by atoms with van der Waals surface area (Å²) >= 11 is 11.9. The Morgan fingerprint density at radius 1 is 0.774 bits per heavy atom. The van der Waals surface area contributed by atoms with E-state index < -0.39 is 15.8 Å². The first-order valence-electron chi connectivity index (χ1n) is 9.86. The number of benzene rings is 3. The van der Waals surface area contributed by atoms with Crippen LogP contribution in [0, 0.1) is 5.82 Å². The Morgan fingerprint density at radius 3 is 2.03 bits per heavy atom. The van der Waals surface area contributed by atoms with Gasteiger partial charge in [0.1, 0.15) is 4.90 Å². The van der Waals surface area contributed by atoms with Crippen molar-refractivity contribution in [3.8, 4) is 0 Å². The highest BCUT2D eigenvalue weighted by Crippen LogP contribution is 2.32. The number of nitrogens with zero attached hydrogens (tertiary/aromatic N) is 2. The van der Waals surface area contributed by atoms with Crippen molar-refractivity contribution in [1.29, 1.82) is 0 Å². The number of piperazine rings is 1. The average molecular weight is 479 g/mol. The van der Waals surface area contributed by atoms with Crippen LogP contribution in [0.2, 0.25) is 10.0 Å². The summed E-state index contributed by atoms with van der Waals surface area (Å²) in [6, 6.07) is 21.8. The second-order valence-electron chi connectivity index (χ2n) is 7.36. The van der Waals surface area contributed by atoms with Gasteiger partial charge in [-0.15, -0.1) is 0 Å². The largest absolute Gasteiger partial charge is 0.290 e. The maximum atomic E-state index is 14.4. The van der Waals surface area contributed by atoms with Crippen LogP contribution in [-0.4, -0.2) is 43.8 Å². The van der Waals surface area contributed by atoms with Crippen LogP contribution in [0.3, 0.4) is 0 Å². The smallest absolute Gasteiger partial charge is 0.246 e. The quantitative estimate of drug-likeness (QED) is 0.504. The summed E-state index contributed by atoms with van der Waals surface area (Å²) in [6.45, 7) is 1.52. The van der Waals surface area contributed by atoms with Crippen LogP contribution < -0.4 is 0 Å². The van der Waals surface area contributed by atoms with Crippen LogP contribution in [0.5, 0.6) is 0 Å². The van der Waals surface area contributed by atoms with Crippen molar-refractivity contribution >= 4 is 33.2 Å². The van der Waals surface area contributed by atoms with Gasteiger partial charge in [0.05, 0.1) is 11.1 Å². The van der Waals surface area contributed by atoms with Gasteiger partial charge in [0.2, 0.25) is 10.0 Å². The summed E-state index contributed by atoms with van der Waals surface area (Å²) in [6.07, 6.45) is 0. The first kappa shape index (κ1) is 22.2. The van der Waals surface area contributed by atoms with Gasteiger partial charge in [-0.3, -0.25) is 4.90 Å². The van der Waals surface area contributed by atoms with Gasteiger partial charge in [-0.1, -0.05) is 71.7 Å². The molecule has 0 amide bonds. The Labute approximate surface area is 191 Å². The van der Waals surface area contributed by atoms with Gasteiger partial charge in [-0.25, -0.2) is 12.8 Å². The highest BCUT2D eigenvalue weighted by atomic mass is 35.5. The predicted molar refractivity (Wildman–Crippen MR) is 121 cm³/mol. The number of hydrogen-bond acceptors (Lipinski definition) is 3. The Hall–Kier alpha value is -1.96. The van der Waals surface area contributed by atoms with Crippen molar-refractivity contribution in [3.05, 3.63) is 99.8 Å². The molecule has 3 aromatic carbocycles. The van der Waals surface area contributed by atoms with Gasteiger partial charge in [0.25, 0.3) is 0 Å². The number of rotatable bonds is 5. The fraction of sp³-hybridized carbons (Fsp3) is 0.217. The minimum atomic E-state index is -3.97. The van der Waals surface area contributed by atoms with Crippen LogP contribution in [0.25, 0.3) is 0 Å². The molecule has 8 heteroatoms. The predicted octanol–water partition coefficient (Wildman–Crippen LogP) is 5.23. The fourth-order valence-electron chi connectivity index (χ4n) is 3.92. The molecule has 0 spiro atoms. The molecule has 4 nitrogen and oxygen atoms in total. The molecule has 0 saturated carbocycles. The van der Waals surface area contributed by atoms with Crippen LogP contribution in [-0.2, 0) is 10.0 Å². The Bertz CT molecular complexity index is 1150. The van der Waals surface area contributed by atoms with E-state index in [1.165, 1.54) is 22.5 Å². The van der Waals surface area contributed by atoms with E-state index in [0.29, 0.717) is 18.1 Å². The van der Waals surface area contributed by atoms with Gasteiger partial charge in [0.15, 0.2) is 5.82 Å². The molecule has 0 bridgehead atoms. The summed E-state index contributed by atoms with van der Waals surface area (Å²) in [5.41, 5.74) is 2.19.